The highest BCUT2D eigenvalue weighted by Gasteiger charge is 2.51. The van der Waals surface area contributed by atoms with E-state index in [1.807, 2.05) is 78.4 Å². The van der Waals surface area contributed by atoms with Gasteiger partial charge < -0.3 is 114 Å². The summed E-state index contributed by atoms with van der Waals surface area (Å²) in [4.78, 5) is 40.0. The molecule has 644 valence electrons. The lowest BCUT2D eigenvalue weighted by Crippen LogP contribution is -2.47. The minimum Gasteiger partial charge on any atom is -0.388 e. The summed E-state index contributed by atoms with van der Waals surface area (Å²) in [7, 11) is 15.7. The first-order valence-corrected chi connectivity index (χ1v) is 53.2. The molecule has 0 amide bonds. The number of likely N-dealkylation sites (N-methyl/N-ethyl adjacent to an activating group) is 2. The molecule has 0 radical (unpaired) electrons. The Labute approximate surface area is 677 Å². The Morgan fingerprint density at radius 2 is 0.746 bits per heavy atom. The quantitative estimate of drug-likeness (QED) is 0.0743. The van der Waals surface area contributed by atoms with Crippen molar-refractivity contribution in [3.8, 4) is 0 Å². The number of aliphatic hydroxyl groups excluding tert-OH is 8. The third kappa shape index (κ3) is 27.0. The second kappa shape index (κ2) is 41.5. The van der Waals surface area contributed by atoms with Gasteiger partial charge in [-0.05, 0) is 160 Å². The molecule has 31 nitrogen and oxygen atoms in total. The van der Waals surface area contributed by atoms with Crippen molar-refractivity contribution in [2.45, 2.75) is 155 Å². The van der Waals surface area contributed by atoms with Gasteiger partial charge in [0.1, 0.15) is 113 Å². The number of aromatic nitrogens is 2. The van der Waals surface area contributed by atoms with Crippen molar-refractivity contribution in [3.05, 3.63) is 127 Å². The lowest BCUT2D eigenvalue weighted by molar-refractivity contribution is -0.0709. The van der Waals surface area contributed by atoms with Gasteiger partial charge in [0.05, 0.1) is 30.5 Å². The van der Waals surface area contributed by atoms with Crippen LogP contribution in [0.25, 0.3) is 0 Å². The normalized spacial score (nSPS) is 31.7. The number of aliphatic hydroxyl groups is 8. The van der Waals surface area contributed by atoms with E-state index in [1.54, 1.807) is 56.6 Å². The van der Waals surface area contributed by atoms with Crippen molar-refractivity contribution >= 4 is 89.3 Å². The van der Waals surface area contributed by atoms with Gasteiger partial charge in [-0.2, -0.15) is 0 Å². The van der Waals surface area contributed by atoms with Crippen LogP contribution < -0.4 is 21.8 Å². The first kappa shape index (κ1) is 97.4. The van der Waals surface area contributed by atoms with Crippen LogP contribution in [-0.2, 0) is 40.2 Å². The van der Waals surface area contributed by atoms with E-state index in [9.17, 15) is 45.6 Å². The number of amidine groups is 4. The third-order valence-electron chi connectivity index (χ3n) is 20.1. The van der Waals surface area contributed by atoms with Crippen LogP contribution >= 0.6 is 34.4 Å². The van der Waals surface area contributed by atoms with Crippen LogP contribution in [0.2, 0.25) is 0 Å². The van der Waals surface area contributed by atoms with Crippen LogP contribution in [0.4, 0.5) is 0 Å². The van der Waals surface area contributed by atoms with Gasteiger partial charge in [0.2, 0.25) is 0 Å². The number of hydrogen-bond acceptors (Lipinski definition) is 27. The molecule has 114 heavy (non-hydrogen) atoms. The first-order valence-electron chi connectivity index (χ1n) is 37.9. The van der Waals surface area contributed by atoms with Crippen molar-refractivity contribution in [1.82, 2.24) is 49.2 Å². The van der Waals surface area contributed by atoms with E-state index in [0.29, 0.717) is 48.4 Å². The molecule has 36 heteroatoms. The molecule has 5 unspecified atom stereocenters. The van der Waals surface area contributed by atoms with E-state index in [0.717, 1.165) is 65.7 Å². The fourth-order valence-electron chi connectivity index (χ4n) is 13.3. The zero-order valence-electron chi connectivity index (χ0n) is 70.7. The maximum atomic E-state index is 12.2. The lowest BCUT2D eigenvalue weighted by Gasteiger charge is -2.34. The number of ether oxygens (including phenoxy) is 7. The van der Waals surface area contributed by atoms with Crippen molar-refractivity contribution in [2.24, 2.45) is 27.0 Å². The summed E-state index contributed by atoms with van der Waals surface area (Å²) in [5.41, 5.74) is -0.399. The zero-order valence-corrected chi connectivity index (χ0v) is 75.2. The second-order valence-electron chi connectivity index (χ2n) is 33.7. The molecule has 5 fully saturated rings. The standard InChI is InChI=1S/C17H30N3O3P.2C16H28N3O3P.C15H26N3O3P.C14H24N3O4P/c1-12-18-14(19(2)3)8-10-20(12)17-16(22-4)15(21)13(23-17)9-11-24(5,6)7;1-11-17-13(18(2)3)7-9-19(11)16-15(21)14(20)12(22-16)8-10-23(4,5)6;1-11-18-13(17-2)7-9-19(11)16-15(21-3)14(20)12(22-16)8-10-23(4,5)6;1-10-17-12(16-2)6-8-18(10)15-14(20)13(19)11(21-15)7-9-22(3,4)5;1-16-10(15)5-7-17(14(16)20)13-12(19)11(18)9(21-13)6-8-22(2,3)4/h8,10,13,15-17,21H,1,5,9,11H2,2-4,6-7H3;7,9,12,14-16,20-21H,1,4,8,10H2,2-3,5-6H3;7,9,12,14-16,20H,1,4,8,10H2,2-3,5-6H3,(H,17,18);6,8,11,13-15,19-20H,1,3,7,9H2,2,4-5H3,(H,16,17);5,7,9,11-13,15,18-19H,2,6,8H2,1,3-4H3/t13?,15-,16-,17-;2*12?,14-,15-,16-;11?,13-,14-,15-;9?,11-,12-,13-/m11111/s1. The Hall–Kier alpha value is -5.42. The Kier molecular flexibility index (Phi) is 35.5. The van der Waals surface area contributed by atoms with Crippen LogP contribution in [0.1, 0.15) is 38.3 Å². The van der Waals surface area contributed by atoms with Crippen LogP contribution in [0, 0.1) is 5.41 Å². The number of nitrogens with zero attached hydrogens (tertiary/aromatic N) is 12. The average molecular weight is 1690 g/mol. The summed E-state index contributed by atoms with van der Waals surface area (Å²) in [6.07, 6.45) is 31.9. The van der Waals surface area contributed by atoms with Gasteiger partial charge in [-0.25, -0.2) is 14.8 Å². The predicted molar refractivity (Wildman–Crippen MR) is 476 cm³/mol. The summed E-state index contributed by atoms with van der Waals surface area (Å²) in [5, 5.41) is 96.3. The number of aliphatic imine (C=N–C) groups is 4. The highest BCUT2D eigenvalue weighted by molar-refractivity contribution is 7.73. The maximum Gasteiger partial charge on any atom is 0.331 e. The molecule has 1 aromatic rings. The molecule has 0 aromatic carbocycles. The number of hydrogen-bond donors (Lipinski definition) is 11. The summed E-state index contributed by atoms with van der Waals surface area (Å²) < 4.78 is 43.1. The van der Waals surface area contributed by atoms with Crippen LogP contribution in [0.5, 0.6) is 0 Å². The molecule has 20 atom stereocenters. The second-order valence-corrected chi connectivity index (χ2v) is 55.2. The molecule has 10 heterocycles. The number of rotatable bonds is 22. The highest BCUT2D eigenvalue weighted by Crippen LogP contribution is 2.44. The Balaban J connectivity index is 0.000000222. The minimum absolute atomic E-state index is 0.0643. The predicted octanol–water partition coefficient (Wildman–Crippen LogP) is 3.18. The largest absolute Gasteiger partial charge is 0.388 e. The van der Waals surface area contributed by atoms with Gasteiger partial charge in [-0.3, -0.25) is 24.5 Å². The highest BCUT2D eigenvalue weighted by atomic mass is 31.2. The summed E-state index contributed by atoms with van der Waals surface area (Å²) in [6.45, 7) is 31.4. The Morgan fingerprint density at radius 3 is 1.05 bits per heavy atom. The van der Waals surface area contributed by atoms with E-state index in [2.05, 4.69) is 155 Å². The van der Waals surface area contributed by atoms with Crippen molar-refractivity contribution in [2.75, 3.05) is 154 Å². The van der Waals surface area contributed by atoms with Gasteiger partial charge in [-0.15, -0.1) is 65.9 Å². The van der Waals surface area contributed by atoms with E-state index < -0.39 is 145 Å². The molecule has 0 bridgehead atoms. The third-order valence-corrected chi connectivity index (χ3v) is 27.5. The Morgan fingerprint density at radius 1 is 0.465 bits per heavy atom. The van der Waals surface area contributed by atoms with Crippen molar-refractivity contribution in [1.29, 1.82) is 5.41 Å². The fourth-order valence-corrected chi connectivity index (χ4v) is 18.0. The van der Waals surface area contributed by atoms with Crippen LogP contribution in [0.15, 0.2) is 136 Å². The molecular weight excluding hydrogens is 1560 g/mol. The van der Waals surface area contributed by atoms with Crippen molar-refractivity contribution < 1.29 is 74.0 Å². The van der Waals surface area contributed by atoms with E-state index in [-0.39, 0.29) is 23.8 Å². The SMILES string of the molecule is C=C1N=C(N(C)C)C=CN1[C@@H]1OC(CCP(=C)(C)C)[C@@H](O)[C@H]1O.C=C1N=C(N(C)C)C=CN1[C@@H]1OC(CCP(=C)(C)C)[C@@H](O)[C@H]1OC.C=C1NC(=NC)C=CN1[C@@H]1OC(CCP(=C)(C)C)[C@@H](O)[C@H]1O.C=C1NC(=NC)C=CN1[C@@H]1OC(CCP(=C)(C)C)[C@@H](O)[C@H]1OC.C=P(C)(C)CCC1O[C@@H](n2ccc(=N)n(C)c2=O)[C@H](O)[C@@H]1O. The lowest BCUT2D eigenvalue weighted by atomic mass is 10.1. The van der Waals surface area contributed by atoms with Gasteiger partial charge in [0.25, 0.3) is 0 Å². The average Bonchev–Trinajstić information content (AvgIpc) is 1.66. The van der Waals surface area contributed by atoms with Gasteiger partial charge >= 0.3 is 5.69 Å². The molecule has 9 aliphatic rings. The molecule has 0 saturated carbocycles. The maximum absolute atomic E-state index is 12.2. The van der Waals surface area contributed by atoms with Crippen LogP contribution in [-0.4, -0.2) is 405 Å². The summed E-state index contributed by atoms with van der Waals surface area (Å²) >= 11 is 0. The minimum atomic E-state index is -1.25. The molecule has 0 aliphatic carbocycles. The monoisotopic (exact) mass is 1690 g/mol. The number of nitrogens with one attached hydrogen (secondary N) is 3. The van der Waals surface area contributed by atoms with E-state index >= 15 is 0 Å². The molecule has 11 N–H and O–H groups in total. The molecule has 9 aliphatic heterocycles. The molecule has 5 saturated heterocycles. The topological polar surface area (TPSA) is 370 Å². The van der Waals surface area contributed by atoms with Crippen molar-refractivity contribution in [3.63, 3.8) is 0 Å². The molecular formula is C78H136N15O16P5. The van der Waals surface area contributed by atoms with Gasteiger partial charge in [-0.1, -0.05) is 26.3 Å². The van der Waals surface area contributed by atoms with Crippen LogP contribution in [0.3, 0.4) is 0 Å². The Bertz CT molecular complexity index is 4150. The zero-order chi connectivity index (χ0) is 85.8. The fraction of sp³-hybridized carbons (Fsp3) is 0.628. The summed E-state index contributed by atoms with van der Waals surface area (Å²) in [6, 6.07) is 1.45. The van der Waals surface area contributed by atoms with Gasteiger partial charge in [0, 0.05) is 94.5 Å². The van der Waals surface area contributed by atoms with E-state index in [1.165, 1.54) is 23.9 Å². The number of methoxy groups -OCH3 is 2. The first-order chi connectivity index (χ1) is 52.8. The summed E-state index contributed by atoms with van der Waals surface area (Å²) in [5.74, 6) is 5.30. The molecule has 10 rings (SSSR count). The molecule has 0 spiro atoms. The smallest absolute Gasteiger partial charge is 0.331 e. The van der Waals surface area contributed by atoms with Gasteiger partial charge in [0.15, 0.2) is 31.1 Å². The molecule has 1 aromatic heterocycles. The van der Waals surface area contributed by atoms with E-state index in [4.69, 9.17) is 38.6 Å².